The summed E-state index contributed by atoms with van der Waals surface area (Å²) < 4.78 is 10.0. The lowest BCUT2D eigenvalue weighted by Crippen LogP contribution is -2.35. The summed E-state index contributed by atoms with van der Waals surface area (Å²) in [4.78, 5) is 37.0. The van der Waals surface area contributed by atoms with E-state index in [1.54, 1.807) is 26.0 Å². The van der Waals surface area contributed by atoms with Crippen LogP contribution in [0.4, 0.5) is 4.79 Å². The maximum Gasteiger partial charge on any atom is 0.413 e. The molecule has 9 heteroatoms. The van der Waals surface area contributed by atoms with E-state index in [0.29, 0.717) is 17.0 Å². The van der Waals surface area contributed by atoms with Crippen LogP contribution in [0.3, 0.4) is 0 Å². The molecule has 152 valence electrons. The first kappa shape index (κ1) is 21.2. The summed E-state index contributed by atoms with van der Waals surface area (Å²) in [6.07, 6.45) is 4.20. The second kappa shape index (κ2) is 8.73. The van der Waals surface area contributed by atoms with Crippen LogP contribution >= 0.6 is 0 Å². The summed E-state index contributed by atoms with van der Waals surface area (Å²) in [5.41, 5.74) is 1.48. The highest BCUT2D eigenvalue weighted by atomic mass is 16.6. The Hall–Kier alpha value is -3.10. The molecule has 0 aromatic heterocycles. The van der Waals surface area contributed by atoms with Gasteiger partial charge in [-0.25, -0.2) is 9.59 Å². The standard InChI is InChI=1S/C19H25N3O6/c1-11(2)10-28-18(23)15-12(3)20-13(4)17(22(25)26)16(15)14-6-8-21(9-7-14)19(24)27-5/h6-8,11,16,20H,9-10H2,1-5H3. The van der Waals surface area contributed by atoms with Crippen LogP contribution < -0.4 is 5.32 Å². The molecular formula is C19H25N3O6. The molecule has 0 radical (unpaired) electrons. The Morgan fingerprint density at radius 2 is 2.04 bits per heavy atom. The summed E-state index contributed by atoms with van der Waals surface area (Å²) >= 11 is 0. The molecule has 1 atom stereocenters. The molecule has 0 aliphatic carbocycles. The molecule has 1 unspecified atom stereocenters. The number of hydrogen-bond acceptors (Lipinski definition) is 7. The zero-order valence-electron chi connectivity index (χ0n) is 16.6. The average molecular weight is 391 g/mol. The third-order valence-corrected chi connectivity index (χ3v) is 4.40. The van der Waals surface area contributed by atoms with Crippen molar-refractivity contribution in [2.45, 2.75) is 27.7 Å². The number of esters is 1. The maximum absolute atomic E-state index is 12.8. The van der Waals surface area contributed by atoms with Crippen molar-refractivity contribution < 1.29 is 24.0 Å². The number of ether oxygens (including phenoxy) is 2. The van der Waals surface area contributed by atoms with E-state index in [1.807, 2.05) is 13.8 Å². The quantitative estimate of drug-likeness (QED) is 0.436. The normalized spacial score (nSPS) is 19.4. The topological polar surface area (TPSA) is 111 Å². The Bertz CT molecular complexity index is 806. The van der Waals surface area contributed by atoms with Gasteiger partial charge in [-0.3, -0.25) is 15.0 Å². The summed E-state index contributed by atoms with van der Waals surface area (Å²) in [6.45, 7) is 7.49. The van der Waals surface area contributed by atoms with E-state index in [9.17, 15) is 19.7 Å². The van der Waals surface area contributed by atoms with Crippen LogP contribution in [0.5, 0.6) is 0 Å². The van der Waals surface area contributed by atoms with Crippen molar-refractivity contribution in [2.75, 3.05) is 20.3 Å². The summed E-state index contributed by atoms with van der Waals surface area (Å²) in [6, 6.07) is 0. The molecule has 1 amide bonds. The van der Waals surface area contributed by atoms with Crippen LogP contribution in [0.25, 0.3) is 0 Å². The molecule has 0 aromatic carbocycles. The van der Waals surface area contributed by atoms with Crippen LogP contribution in [0.2, 0.25) is 0 Å². The minimum absolute atomic E-state index is 0.121. The largest absolute Gasteiger partial charge is 0.462 e. The Labute approximate surface area is 163 Å². The molecular weight excluding hydrogens is 366 g/mol. The van der Waals surface area contributed by atoms with Crippen molar-refractivity contribution in [3.63, 3.8) is 0 Å². The van der Waals surface area contributed by atoms with Crippen molar-refractivity contribution in [3.8, 4) is 0 Å². The molecule has 2 heterocycles. The van der Waals surface area contributed by atoms with E-state index in [4.69, 9.17) is 4.74 Å². The van der Waals surface area contributed by atoms with Gasteiger partial charge in [0, 0.05) is 18.4 Å². The van der Waals surface area contributed by atoms with Gasteiger partial charge in [0.1, 0.15) is 5.92 Å². The van der Waals surface area contributed by atoms with Crippen LogP contribution in [0.15, 0.2) is 46.6 Å². The number of carbonyl (C=O) groups excluding carboxylic acids is 2. The lowest BCUT2D eigenvalue weighted by atomic mass is 9.83. The second-order valence-electron chi connectivity index (χ2n) is 7.00. The van der Waals surface area contributed by atoms with Crippen LogP contribution in [0, 0.1) is 22.0 Å². The van der Waals surface area contributed by atoms with Gasteiger partial charge >= 0.3 is 12.1 Å². The van der Waals surface area contributed by atoms with Gasteiger partial charge in [-0.05, 0) is 31.4 Å². The van der Waals surface area contributed by atoms with Gasteiger partial charge in [0.05, 0.1) is 29.9 Å². The predicted molar refractivity (Wildman–Crippen MR) is 101 cm³/mol. The number of hydrogen-bond donors (Lipinski definition) is 1. The van der Waals surface area contributed by atoms with Gasteiger partial charge in [0.2, 0.25) is 0 Å². The number of nitrogens with zero attached hydrogens (tertiary/aromatic N) is 2. The highest BCUT2D eigenvalue weighted by molar-refractivity contribution is 5.92. The number of allylic oxidation sites excluding steroid dienone is 4. The third kappa shape index (κ3) is 4.41. The smallest absolute Gasteiger partial charge is 0.413 e. The van der Waals surface area contributed by atoms with Gasteiger partial charge in [-0.2, -0.15) is 0 Å². The second-order valence-corrected chi connectivity index (χ2v) is 7.00. The molecule has 2 aliphatic heterocycles. The monoisotopic (exact) mass is 391 g/mol. The predicted octanol–water partition coefficient (Wildman–Crippen LogP) is 2.71. The van der Waals surface area contributed by atoms with E-state index < -0.39 is 22.9 Å². The SMILES string of the molecule is COC(=O)N1C=CC(C2C(C(=O)OCC(C)C)=C(C)NC(C)=C2[N+](=O)[O-])=CC1. The van der Waals surface area contributed by atoms with Crippen molar-refractivity contribution in [1.29, 1.82) is 0 Å². The van der Waals surface area contributed by atoms with Crippen molar-refractivity contribution in [1.82, 2.24) is 10.2 Å². The number of methoxy groups -OCH3 is 1. The zero-order chi connectivity index (χ0) is 21.0. The third-order valence-electron chi connectivity index (χ3n) is 4.40. The molecule has 0 fully saturated rings. The molecule has 9 nitrogen and oxygen atoms in total. The molecule has 0 spiro atoms. The fraction of sp³-hybridized carbons (Fsp3) is 0.474. The Kier molecular flexibility index (Phi) is 6.61. The fourth-order valence-electron chi connectivity index (χ4n) is 3.12. The highest BCUT2D eigenvalue weighted by Gasteiger charge is 2.42. The van der Waals surface area contributed by atoms with Crippen LogP contribution in [-0.2, 0) is 14.3 Å². The Balaban J connectivity index is 2.44. The molecule has 28 heavy (non-hydrogen) atoms. The van der Waals surface area contributed by atoms with E-state index >= 15 is 0 Å². The average Bonchev–Trinajstić information content (AvgIpc) is 2.64. The molecule has 0 bridgehead atoms. The first-order valence-electron chi connectivity index (χ1n) is 8.90. The summed E-state index contributed by atoms with van der Waals surface area (Å²) in [5.74, 6) is -1.36. The molecule has 1 N–H and O–H groups in total. The Morgan fingerprint density at radius 1 is 1.36 bits per heavy atom. The fourth-order valence-corrected chi connectivity index (χ4v) is 3.12. The molecule has 2 rings (SSSR count). The van der Waals surface area contributed by atoms with Gasteiger partial charge in [0.15, 0.2) is 0 Å². The molecule has 0 saturated carbocycles. The van der Waals surface area contributed by atoms with Gasteiger partial charge in [0.25, 0.3) is 5.70 Å². The molecule has 0 aromatic rings. The number of dihydropyridines is 1. The first-order valence-corrected chi connectivity index (χ1v) is 8.90. The minimum Gasteiger partial charge on any atom is -0.462 e. The summed E-state index contributed by atoms with van der Waals surface area (Å²) in [7, 11) is 1.27. The molecule has 0 saturated heterocycles. The lowest BCUT2D eigenvalue weighted by Gasteiger charge is -2.29. The lowest BCUT2D eigenvalue weighted by molar-refractivity contribution is -0.433. The van der Waals surface area contributed by atoms with Gasteiger partial charge in [-0.15, -0.1) is 0 Å². The van der Waals surface area contributed by atoms with E-state index in [2.05, 4.69) is 10.1 Å². The van der Waals surface area contributed by atoms with Gasteiger partial charge < -0.3 is 14.8 Å². The van der Waals surface area contributed by atoms with Crippen LogP contribution in [0.1, 0.15) is 27.7 Å². The zero-order valence-corrected chi connectivity index (χ0v) is 16.6. The van der Waals surface area contributed by atoms with Crippen LogP contribution in [-0.4, -0.2) is 42.1 Å². The maximum atomic E-state index is 12.8. The van der Waals surface area contributed by atoms with Gasteiger partial charge in [-0.1, -0.05) is 19.9 Å². The minimum atomic E-state index is -0.896. The number of rotatable bonds is 5. The van der Waals surface area contributed by atoms with E-state index in [1.165, 1.54) is 18.2 Å². The number of carbonyl (C=O) groups is 2. The summed E-state index contributed by atoms with van der Waals surface area (Å²) in [5, 5.41) is 14.7. The first-order chi connectivity index (χ1) is 13.2. The number of nitro groups is 1. The van der Waals surface area contributed by atoms with Crippen molar-refractivity contribution in [3.05, 3.63) is 56.7 Å². The highest BCUT2D eigenvalue weighted by Crippen LogP contribution is 2.37. The van der Waals surface area contributed by atoms with E-state index in [-0.39, 0.29) is 30.3 Å². The van der Waals surface area contributed by atoms with Crippen molar-refractivity contribution in [2.24, 2.45) is 11.8 Å². The molecule has 2 aliphatic rings. The number of amides is 1. The number of nitrogens with one attached hydrogen (secondary N) is 1. The Morgan fingerprint density at radius 3 is 2.54 bits per heavy atom. The van der Waals surface area contributed by atoms with Crippen molar-refractivity contribution >= 4 is 12.1 Å². The van der Waals surface area contributed by atoms with E-state index in [0.717, 1.165) is 0 Å².